The van der Waals surface area contributed by atoms with E-state index in [-0.39, 0.29) is 23.9 Å². The third-order valence-corrected chi connectivity index (χ3v) is 11.0. The molecule has 3 aromatic carbocycles. The zero-order valence-electron chi connectivity index (χ0n) is 11.2. The molecule has 0 aliphatic carbocycles. The molecule has 0 saturated heterocycles. The van der Waals surface area contributed by atoms with Gasteiger partial charge in [0.15, 0.2) is 0 Å². The van der Waals surface area contributed by atoms with Crippen LogP contribution in [-0.4, -0.2) is 43.7 Å². The van der Waals surface area contributed by atoms with Gasteiger partial charge in [0.2, 0.25) is 0 Å². The molecule has 0 amide bonds. The van der Waals surface area contributed by atoms with Crippen LogP contribution in [0.4, 0.5) is 0 Å². The fourth-order valence-corrected chi connectivity index (χ4v) is 9.67. The molecule has 3 aromatic rings. The summed E-state index contributed by atoms with van der Waals surface area (Å²) in [7, 11) is 0. The second-order valence-corrected chi connectivity index (χ2v) is 11.6. The van der Waals surface area contributed by atoms with Crippen LogP contribution in [-0.2, 0) is 0 Å². The molecule has 0 aliphatic rings. The second kappa shape index (κ2) is 7.89. The van der Waals surface area contributed by atoms with E-state index < -0.39 is 19.8 Å². The zero-order valence-corrected chi connectivity index (χ0v) is 17.4. The molecule has 0 unspecified atom stereocenters. The van der Waals surface area contributed by atoms with E-state index in [9.17, 15) is 0 Å². The molecule has 0 bridgehead atoms. The fourth-order valence-electron chi connectivity index (χ4n) is 2.31. The van der Waals surface area contributed by atoms with Gasteiger partial charge in [-0.1, -0.05) is 0 Å². The number of hydrogen-bond acceptors (Lipinski definition) is 0. The van der Waals surface area contributed by atoms with Gasteiger partial charge in [-0.25, -0.2) is 0 Å². The van der Waals surface area contributed by atoms with Crippen molar-refractivity contribution in [3.63, 3.8) is 0 Å². The summed E-state index contributed by atoms with van der Waals surface area (Å²) in [5.41, 5.74) is 0. The first kappa shape index (κ1) is 15.6. The van der Waals surface area contributed by atoms with Gasteiger partial charge in [-0.05, 0) is 0 Å². The van der Waals surface area contributed by atoms with Crippen molar-refractivity contribution in [3.8, 4) is 0 Å². The quantitative estimate of drug-likeness (QED) is 0.511. The summed E-state index contributed by atoms with van der Waals surface area (Å²) in [6, 6.07) is 32.9. The van der Waals surface area contributed by atoms with Gasteiger partial charge in [-0.3, -0.25) is 0 Å². The molecule has 0 spiro atoms. The van der Waals surface area contributed by atoms with E-state index >= 15 is 0 Å². The monoisotopic (exact) mass is 472 g/mol. The topological polar surface area (TPSA) is 0 Å². The first-order chi connectivity index (χ1) is 9.45. The SMILES string of the molecule is [SnH].c1cc[c]([Sn]([c]2ccccc2)[c]2ccccc2)cc1. The minimum absolute atomic E-state index is 0. The van der Waals surface area contributed by atoms with Gasteiger partial charge in [0, 0.05) is 0 Å². The van der Waals surface area contributed by atoms with E-state index in [0.29, 0.717) is 0 Å². The molecular formula is C18H16Sn2. The van der Waals surface area contributed by atoms with Crippen LogP contribution < -0.4 is 10.7 Å². The van der Waals surface area contributed by atoms with Gasteiger partial charge in [0.1, 0.15) is 0 Å². The average molecular weight is 470 g/mol. The Morgan fingerprint density at radius 2 is 0.650 bits per heavy atom. The molecule has 0 saturated carbocycles. The van der Waals surface area contributed by atoms with E-state index in [1.165, 1.54) is 10.7 Å². The van der Waals surface area contributed by atoms with Crippen LogP contribution in [0, 0.1) is 0 Å². The Morgan fingerprint density at radius 1 is 0.400 bits per heavy atom. The summed E-state index contributed by atoms with van der Waals surface area (Å²) in [5.74, 6) is 0. The van der Waals surface area contributed by atoms with E-state index in [4.69, 9.17) is 0 Å². The Balaban J connectivity index is 0.00000147. The number of hydrogen-bond donors (Lipinski definition) is 0. The summed E-state index contributed by atoms with van der Waals surface area (Å²) in [6.45, 7) is 0. The van der Waals surface area contributed by atoms with Crippen molar-refractivity contribution in [1.29, 1.82) is 0 Å². The Labute approximate surface area is 144 Å². The van der Waals surface area contributed by atoms with Crippen molar-refractivity contribution >= 4 is 54.4 Å². The Bertz CT molecular complexity index is 527. The van der Waals surface area contributed by atoms with Gasteiger partial charge < -0.3 is 0 Å². The maximum atomic E-state index is 2.29. The van der Waals surface area contributed by atoms with Crippen LogP contribution in [0.15, 0.2) is 91.0 Å². The minimum atomic E-state index is -1.98. The van der Waals surface area contributed by atoms with Gasteiger partial charge >= 0.3 is 145 Å². The molecule has 3 rings (SSSR count). The molecule has 0 aromatic heterocycles. The second-order valence-electron chi connectivity index (χ2n) is 4.47. The standard InChI is InChI=1S/3C6H5.2Sn.H/c3*1-2-4-6-5-3-1;;;/h3*1-5H;;;. The van der Waals surface area contributed by atoms with E-state index in [1.54, 1.807) is 0 Å². The summed E-state index contributed by atoms with van der Waals surface area (Å²) >= 11 is -1.98. The average Bonchev–Trinajstić information content (AvgIpc) is 2.51. The van der Waals surface area contributed by atoms with E-state index in [2.05, 4.69) is 91.0 Å². The summed E-state index contributed by atoms with van der Waals surface area (Å²) in [4.78, 5) is 0. The normalized spacial score (nSPS) is 10.1. The Morgan fingerprint density at radius 3 is 0.900 bits per heavy atom. The van der Waals surface area contributed by atoms with Crippen molar-refractivity contribution < 1.29 is 0 Å². The van der Waals surface area contributed by atoms with Crippen molar-refractivity contribution in [1.82, 2.24) is 0 Å². The summed E-state index contributed by atoms with van der Waals surface area (Å²) < 4.78 is 4.59. The molecule has 20 heavy (non-hydrogen) atoms. The summed E-state index contributed by atoms with van der Waals surface area (Å²) in [6.07, 6.45) is 0. The van der Waals surface area contributed by atoms with Crippen LogP contribution in [0.1, 0.15) is 0 Å². The molecular weight excluding hydrogens is 454 g/mol. The third-order valence-electron chi connectivity index (χ3n) is 3.19. The molecule has 4 radical (unpaired) electrons. The zero-order chi connectivity index (χ0) is 12.9. The molecule has 2 heteroatoms. The van der Waals surface area contributed by atoms with Crippen LogP contribution in [0.5, 0.6) is 0 Å². The van der Waals surface area contributed by atoms with Crippen molar-refractivity contribution in [2.45, 2.75) is 0 Å². The molecule has 0 atom stereocenters. The maximum absolute atomic E-state index is 2.29. The van der Waals surface area contributed by atoms with Crippen LogP contribution in [0.3, 0.4) is 0 Å². The van der Waals surface area contributed by atoms with Gasteiger partial charge in [0.05, 0.1) is 0 Å². The molecule has 96 valence electrons. The van der Waals surface area contributed by atoms with Crippen LogP contribution >= 0.6 is 0 Å². The van der Waals surface area contributed by atoms with Crippen LogP contribution in [0.2, 0.25) is 0 Å². The van der Waals surface area contributed by atoms with E-state index in [0.717, 1.165) is 0 Å². The predicted octanol–water partition coefficient (Wildman–Crippen LogP) is 1.55. The molecule has 0 fully saturated rings. The molecule has 0 N–H and O–H groups in total. The third kappa shape index (κ3) is 3.67. The number of rotatable bonds is 3. The molecule has 0 heterocycles. The molecule has 0 aliphatic heterocycles. The Hall–Kier alpha value is -0.743. The first-order valence-electron chi connectivity index (χ1n) is 6.48. The van der Waals surface area contributed by atoms with Gasteiger partial charge in [-0.2, -0.15) is 0 Å². The van der Waals surface area contributed by atoms with Crippen molar-refractivity contribution in [3.05, 3.63) is 91.0 Å². The van der Waals surface area contributed by atoms with Gasteiger partial charge in [-0.15, -0.1) is 0 Å². The van der Waals surface area contributed by atoms with Crippen LogP contribution in [0.25, 0.3) is 0 Å². The first-order valence-corrected chi connectivity index (χ1v) is 10.8. The van der Waals surface area contributed by atoms with Gasteiger partial charge in [0.25, 0.3) is 0 Å². The van der Waals surface area contributed by atoms with Crippen molar-refractivity contribution in [2.24, 2.45) is 0 Å². The number of benzene rings is 3. The predicted molar refractivity (Wildman–Crippen MR) is 91.1 cm³/mol. The fraction of sp³-hybridized carbons (Fsp3) is 0. The molecule has 0 nitrogen and oxygen atoms in total. The Kier molecular flexibility index (Phi) is 6.17. The summed E-state index contributed by atoms with van der Waals surface area (Å²) in [5, 5.41) is 0. The van der Waals surface area contributed by atoms with E-state index in [1.807, 2.05) is 0 Å². The van der Waals surface area contributed by atoms with Crippen molar-refractivity contribution in [2.75, 3.05) is 0 Å².